The first-order valence-corrected chi connectivity index (χ1v) is 13.0. The molecule has 0 spiro atoms. The fraction of sp³-hybridized carbons (Fsp3) is 0.250. The molecule has 0 saturated carbocycles. The molecule has 2 nitrogen and oxygen atoms in total. The molecule has 2 rings (SSSR count). The minimum atomic E-state index is -3.93. The van der Waals surface area contributed by atoms with E-state index in [2.05, 4.69) is 0 Å². The Morgan fingerprint density at radius 3 is 2.05 bits per heavy atom. The van der Waals surface area contributed by atoms with Crippen LogP contribution in [0.3, 0.4) is 0 Å². The molecule has 0 aliphatic carbocycles. The van der Waals surface area contributed by atoms with E-state index in [1.54, 1.807) is 39.0 Å². The fourth-order valence-electron chi connectivity index (χ4n) is 1.89. The summed E-state index contributed by atoms with van der Waals surface area (Å²) >= 11 is -3.93. The van der Waals surface area contributed by atoms with Gasteiger partial charge in [0.05, 0.1) is 0 Å². The summed E-state index contributed by atoms with van der Waals surface area (Å²) in [6.45, 7) is 4.79. The number of halogens is 2. The molecule has 0 atom stereocenters. The predicted octanol–water partition coefficient (Wildman–Crippen LogP) is 2.47. The molecular formula is C16H17BiF2O2S. The molecular weight excluding hydrogens is 503 g/mol. The molecule has 2 aromatic rings. The molecule has 0 aliphatic rings. The van der Waals surface area contributed by atoms with Gasteiger partial charge >= 0.3 is 139 Å². The van der Waals surface area contributed by atoms with Crippen LogP contribution in [0.25, 0.3) is 0 Å². The van der Waals surface area contributed by atoms with E-state index < -0.39 is 42.8 Å². The van der Waals surface area contributed by atoms with Gasteiger partial charge in [0.15, 0.2) is 0 Å². The average Bonchev–Trinajstić information content (AvgIpc) is 2.46. The second-order valence-electron chi connectivity index (χ2n) is 5.84. The van der Waals surface area contributed by atoms with Gasteiger partial charge in [0.1, 0.15) is 0 Å². The second-order valence-corrected chi connectivity index (χ2v) is 14.6. The summed E-state index contributed by atoms with van der Waals surface area (Å²) in [6, 6.07) is 11.5. The molecule has 0 amide bonds. The van der Waals surface area contributed by atoms with Crippen molar-refractivity contribution < 1.29 is 15.4 Å². The van der Waals surface area contributed by atoms with Crippen molar-refractivity contribution in [2.75, 3.05) is 0 Å². The van der Waals surface area contributed by atoms with Crippen LogP contribution in [0.15, 0.2) is 53.4 Å². The Hall–Kier alpha value is -0.867. The molecule has 0 N–H and O–H groups in total. The van der Waals surface area contributed by atoms with Gasteiger partial charge in [-0.15, -0.1) is 0 Å². The van der Waals surface area contributed by atoms with Crippen LogP contribution in [-0.4, -0.2) is 35.5 Å². The van der Waals surface area contributed by atoms with E-state index in [1.165, 1.54) is 30.3 Å². The van der Waals surface area contributed by atoms with Crippen LogP contribution in [0.5, 0.6) is 0 Å². The van der Waals surface area contributed by atoms with Crippen LogP contribution in [0.4, 0.5) is 7.02 Å². The predicted molar refractivity (Wildman–Crippen MR) is 85.9 cm³/mol. The Labute approximate surface area is 138 Å². The number of hydrogen-bond donors (Lipinski definition) is 0. The van der Waals surface area contributed by atoms with E-state index in [1.807, 2.05) is 0 Å². The second kappa shape index (κ2) is 6.33. The van der Waals surface area contributed by atoms with E-state index in [-0.39, 0.29) is 8.17 Å². The summed E-state index contributed by atoms with van der Waals surface area (Å²) in [7, 11) is -3.63. The Bertz CT molecular complexity index is 765. The Morgan fingerprint density at radius 2 is 1.50 bits per heavy atom. The van der Waals surface area contributed by atoms with Gasteiger partial charge in [-0.25, -0.2) is 0 Å². The maximum absolute atomic E-state index is 15.0. The summed E-state index contributed by atoms with van der Waals surface area (Å²) in [5, 5.41) is 0. The summed E-state index contributed by atoms with van der Waals surface area (Å²) < 4.78 is 53.0. The van der Waals surface area contributed by atoms with Gasteiger partial charge in [-0.05, 0) is 0 Å². The van der Waals surface area contributed by atoms with E-state index in [9.17, 15) is 15.4 Å². The van der Waals surface area contributed by atoms with Crippen molar-refractivity contribution in [1.82, 2.24) is 0 Å². The average molecular weight is 520 g/mol. The van der Waals surface area contributed by atoms with Gasteiger partial charge < -0.3 is 0 Å². The number of hydrogen-bond acceptors (Lipinski definition) is 2. The number of benzene rings is 2. The minimum absolute atomic E-state index is 0.0621. The van der Waals surface area contributed by atoms with Crippen LogP contribution in [0.2, 0.25) is 0 Å². The van der Waals surface area contributed by atoms with Gasteiger partial charge in [0.25, 0.3) is 0 Å². The molecule has 0 aromatic heterocycles. The molecule has 0 radical (unpaired) electrons. The summed E-state index contributed by atoms with van der Waals surface area (Å²) in [6.07, 6.45) is 0. The van der Waals surface area contributed by atoms with Crippen LogP contribution in [0, 0.1) is 5.82 Å². The quantitative estimate of drug-likeness (QED) is 0.584. The third-order valence-corrected chi connectivity index (χ3v) is 12.5. The summed E-state index contributed by atoms with van der Waals surface area (Å²) in [5.41, 5.74) is 0. The maximum atomic E-state index is 15.0. The first kappa shape index (κ1) is 17.5. The Morgan fingerprint density at radius 1 is 0.955 bits per heavy atom. The zero-order valence-corrected chi connectivity index (χ0v) is 16.8. The van der Waals surface area contributed by atoms with Crippen LogP contribution < -0.4 is 6.54 Å². The Kier molecular flexibility index (Phi) is 5.03. The van der Waals surface area contributed by atoms with Crippen molar-refractivity contribution in [3.8, 4) is 0 Å². The molecule has 0 aliphatic heterocycles. The summed E-state index contributed by atoms with van der Waals surface area (Å²) in [4.78, 5) is 0.0621. The molecule has 0 bridgehead atoms. The van der Waals surface area contributed by atoms with Gasteiger partial charge in [-0.3, -0.25) is 0 Å². The third-order valence-electron chi connectivity index (χ3n) is 3.23. The number of rotatable bonds is 3. The zero-order valence-electron chi connectivity index (χ0n) is 12.5. The Balaban J connectivity index is 2.56. The van der Waals surface area contributed by atoms with Crippen molar-refractivity contribution in [3.63, 3.8) is 0 Å². The first-order chi connectivity index (χ1) is 10.1. The van der Waals surface area contributed by atoms with E-state index in [0.717, 1.165) is 0 Å². The van der Waals surface area contributed by atoms with E-state index in [0.29, 0.717) is 3.27 Å². The van der Waals surface area contributed by atoms with Crippen molar-refractivity contribution in [2.24, 2.45) is 0 Å². The molecule has 0 unspecified atom stereocenters. The van der Waals surface area contributed by atoms with Gasteiger partial charge in [0, 0.05) is 0 Å². The fourth-order valence-corrected chi connectivity index (χ4v) is 9.82. The van der Waals surface area contributed by atoms with Gasteiger partial charge in [-0.2, -0.15) is 0 Å². The van der Waals surface area contributed by atoms with Crippen molar-refractivity contribution >= 4 is 38.7 Å². The topological polar surface area (TPSA) is 34.1 Å². The standard InChI is InChI=1S/C10H13O2S.C6H4F.Bi.FH/c1-10(2,3)13(11,12)9-7-5-4-6-8-9;7-6-4-2-1-3-5-6;;/h4-7H,1-3H3;2-5H;;1H/q;;+1;/p-1. The van der Waals surface area contributed by atoms with Crippen molar-refractivity contribution in [1.29, 1.82) is 0 Å². The van der Waals surface area contributed by atoms with Crippen LogP contribution in [-0.2, 0) is 9.84 Å². The summed E-state index contributed by atoms with van der Waals surface area (Å²) in [5.74, 6) is -0.434. The van der Waals surface area contributed by atoms with E-state index in [4.69, 9.17) is 0 Å². The van der Waals surface area contributed by atoms with Crippen molar-refractivity contribution in [3.05, 3.63) is 54.3 Å². The van der Waals surface area contributed by atoms with E-state index >= 15 is 0 Å². The molecule has 6 heteroatoms. The third kappa shape index (κ3) is 3.38. The molecule has 0 saturated heterocycles. The SMILES string of the molecule is CC(C)(C)S(=O)(=O)c1cccc[c]1[Bi]([F])[c]1ccc(F)cc1. The molecule has 22 heavy (non-hydrogen) atoms. The van der Waals surface area contributed by atoms with Gasteiger partial charge in [-0.1, -0.05) is 0 Å². The molecule has 118 valence electrons. The van der Waals surface area contributed by atoms with Crippen LogP contribution in [0.1, 0.15) is 20.8 Å². The van der Waals surface area contributed by atoms with Crippen molar-refractivity contribution in [2.45, 2.75) is 30.4 Å². The number of sulfone groups is 1. The monoisotopic (exact) mass is 520 g/mol. The first-order valence-electron chi connectivity index (χ1n) is 6.70. The van der Waals surface area contributed by atoms with Gasteiger partial charge in [0.2, 0.25) is 0 Å². The molecule has 2 aromatic carbocycles. The normalized spacial score (nSPS) is 12.6. The molecule has 0 fully saturated rings. The van der Waals surface area contributed by atoms with Crippen LogP contribution >= 0.6 is 0 Å². The molecule has 0 heterocycles. The zero-order chi connectivity index (χ0) is 16.5.